The first-order chi connectivity index (χ1) is 12.0. The molecule has 0 aromatic carbocycles. The van der Waals surface area contributed by atoms with Crippen molar-refractivity contribution in [1.29, 1.82) is 0 Å². The zero-order valence-corrected chi connectivity index (χ0v) is 14.2. The molecule has 0 aromatic rings. The third-order valence-corrected chi connectivity index (χ3v) is 3.03. The van der Waals surface area contributed by atoms with E-state index in [0.29, 0.717) is 31.5 Å². The number of carbonyl (C=O) groups is 4. The fourth-order valence-corrected chi connectivity index (χ4v) is 1.76. The van der Waals surface area contributed by atoms with Crippen LogP contribution in [-0.2, 0) is 43.0 Å². The van der Waals surface area contributed by atoms with Gasteiger partial charge in [0.15, 0.2) is 0 Å². The lowest BCUT2D eigenvalue weighted by Crippen LogP contribution is -2.32. The lowest BCUT2D eigenvalue weighted by Gasteiger charge is -2.12. The van der Waals surface area contributed by atoms with Gasteiger partial charge in [-0.2, -0.15) is 0 Å². The van der Waals surface area contributed by atoms with E-state index < -0.39 is 23.8 Å². The molecule has 0 aromatic heterocycles. The van der Waals surface area contributed by atoms with Crippen molar-refractivity contribution in [2.75, 3.05) is 46.8 Å². The van der Waals surface area contributed by atoms with Gasteiger partial charge in [0.25, 0.3) is 11.8 Å². The van der Waals surface area contributed by atoms with Crippen LogP contribution in [0.3, 0.4) is 0 Å². The number of methoxy groups -OCH3 is 1. The average molecular weight is 361 g/mol. The summed E-state index contributed by atoms with van der Waals surface area (Å²) in [5.74, 6) is -2.57. The number of imide groups is 1. The molecule has 0 atom stereocenters. The number of hydroxylamine groups is 2. The second kappa shape index (κ2) is 12.3. The Bertz CT molecular complexity index is 450. The Morgan fingerprint density at radius 1 is 0.840 bits per heavy atom. The van der Waals surface area contributed by atoms with Crippen LogP contribution in [0.1, 0.15) is 25.7 Å². The molecule has 1 heterocycles. The quantitative estimate of drug-likeness (QED) is 0.245. The molecule has 0 spiro atoms. The van der Waals surface area contributed by atoms with E-state index in [1.807, 2.05) is 0 Å². The van der Waals surface area contributed by atoms with Gasteiger partial charge in [0.05, 0.1) is 45.9 Å². The number of rotatable bonds is 13. The number of carbonyl (C=O) groups excluding carboxylic acids is 4. The largest absolute Gasteiger partial charge is 0.463 e. The van der Waals surface area contributed by atoms with E-state index in [1.54, 1.807) is 7.11 Å². The van der Waals surface area contributed by atoms with Crippen molar-refractivity contribution in [2.45, 2.75) is 25.7 Å². The third-order valence-electron chi connectivity index (χ3n) is 3.03. The number of hydrogen-bond acceptors (Lipinski definition) is 9. The van der Waals surface area contributed by atoms with Gasteiger partial charge in [-0.05, 0) is 0 Å². The second-order valence-electron chi connectivity index (χ2n) is 4.98. The molecule has 2 amide bonds. The SMILES string of the molecule is COCCOCCOCCOC(=O)CCC(=O)ON1C(=O)CCC1=O. The van der Waals surface area contributed by atoms with Crippen LogP contribution >= 0.6 is 0 Å². The van der Waals surface area contributed by atoms with Crippen LogP contribution in [0, 0.1) is 0 Å². The predicted octanol–water partition coefficient (Wildman–Crippen LogP) is -0.403. The maximum absolute atomic E-state index is 11.5. The van der Waals surface area contributed by atoms with E-state index in [2.05, 4.69) is 4.84 Å². The molecular formula is C15H23NO9. The van der Waals surface area contributed by atoms with Gasteiger partial charge in [-0.1, -0.05) is 0 Å². The Morgan fingerprint density at radius 2 is 1.36 bits per heavy atom. The van der Waals surface area contributed by atoms with E-state index in [9.17, 15) is 19.2 Å². The molecule has 0 aliphatic carbocycles. The van der Waals surface area contributed by atoms with E-state index in [0.717, 1.165) is 0 Å². The molecule has 25 heavy (non-hydrogen) atoms. The summed E-state index contributed by atoms with van der Waals surface area (Å²) in [6.07, 6.45) is -0.462. The predicted molar refractivity (Wildman–Crippen MR) is 80.9 cm³/mol. The molecule has 0 N–H and O–H groups in total. The van der Waals surface area contributed by atoms with Gasteiger partial charge in [0.2, 0.25) is 0 Å². The summed E-state index contributed by atoms with van der Waals surface area (Å²) in [4.78, 5) is 50.1. The normalized spacial score (nSPS) is 14.0. The first-order valence-electron chi connectivity index (χ1n) is 7.91. The van der Waals surface area contributed by atoms with Crippen molar-refractivity contribution in [2.24, 2.45) is 0 Å². The Hall–Kier alpha value is -2.04. The smallest absolute Gasteiger partial charge is 0.333 e. The first kappa shape index (κ1) is 21.0. The molecule has 142 valence electrons. The number of esters is 1. The van der Waals surface area contributed by atoms with Crippen molar-refractivity contribution in [1.82, 2.24) is 5.06 Å². The molecule has 0 saturated carbocycles. The summed E-state index contributed by atoms with van der Waals surface area (Å²) in [5.41, 5.74) is 0. The molecular weight excluding hydrogens is 338 g/mol. The molecule has 10 heteroatoms. The van der Waals surface area contributed by atoms with Crippen LogP contribution in [0.5, 0.6) is 0 Å². The molecule has 1 aliphatic rings. The van der Waals surface area contributed by atoms with Crippen LogP contribution in [0.15, 0.2) is 0 Å². The fraction of sp³-hybridized carbons (Fsp3) is 0.733. The highest BCUT2D eigenvalue weighted by Crippen LogP contribution is 2.13. The molecule has 1 aliphatic heterocycles. The van der Waals surface area contributed by atoms with Gasteiger partial charge in [0, 0.05) is 20.0 Å². The van der Waals surface area contributed by atoms with E-state index >= 15 is 0 Å². The summed E-state index contributed by atoms with van der Waals surface area (Å²) in [6, 6.07) is 0. The number of ether oxygens (including phenoxy) is 4. The maximum atomic E-state index is 11.5. The van der Waals surface area contributed by atoms with Gasteiger partial charge in [0.1, 0.15) is 6.61 Å². The summed E-state index contributed by atoms with van der Waals surface area (Å²) in [5, 5.41) is 0.441. The monoisotopic (exact) mass is 361 g/mol. The van der Waals surface area contributed by atoms with E-state index in [1.165, 1.54) is 0 Å². The van der Waals surface area contributed by atoms with Gasteiger partial charge in [-0.25, -0.2) is 4.79 Å². The van der Waals surface area contributed by atoms with E-state index in [-0.39, 0.29) is 38.9 Å². The molecule has 0 bridgehead atoms. The fourth-order valence-electron chi connectivity index (χ4n) is 1.76. The van der Waals surface area contributed by atoms with Crippen molar-refractivity contribution in [3.8, 4) is 0 Å². The lowest BCUT2D eigenvalue weighted by atomic mass is 10.3. The van der Waals surface area contributed by atoms with Crippen LogP contribution in [-0.4, -0.2) is 75.6 Å². The van der Waals surface area contributed by atoms with Gasteiger partial charge < -0.3 is 23.8 Å². The summed E-state index contributed by atoms with van der Waals surface area (Å²) < 4.78 is 20.0. The third kappa shape index (κ3) is 9.13. The van der Waals surface area contributed by atoms with Crippen molar-refractivity contribution < 1.29 is 43.0 Å². The minimum Gasteiger partial charge on any atom is -0.463 e. The highest BCUT2D eigenvalue weighted by molar-refractivity contribution is 6.01. The second-order valence-corrected chi connectivity index (χ2v) is 4.98. The number of amides is 2. The topological polar surface area (TPSA) is 118 Å². The Labute approximate surface area is 145 Å². The highest BCUT2D eigenvalue weighted by atomic mass is 16.7. The highest BCUT2D eigenvalue weighted by Gasteiger charge is 2.32. The summed E-state index contributed by atoms with van der Waals surface area (Å²) >= 11 is 0. The zero-order chi connectivity index (χ0) is 18.5. The number of nitrogens with zero attached hydrogens (tertiary/aromatic N) is 1. The maximum Gasteiger partial charge on any atom is 0.333 e. The van der Waals surface area contributed by atoms with Crippen molar-refractivity contribution in [3.05, 3.63) is 0 Å². The Morgan fingerprint density at radius 3 is 1.96 bits per heavy atom. The van der Waals surface area contributed by atoms with Crippen LogP contribution in [0.4, 0.5) is 0 Å². The number of hydrogen-bond donors (Lipinski definition) is 0. The van der Waals surface area contributed by atoms with Crippen molar-refractivity contribution >= 4 is 23.8 Å². The molecule has 1 saturated heterocycles. The van der Waals surface area contributed by atoms with Gasteiger partial charge in [-0.3, -0.25) is 14.4 Å². The molecule has 1 fully saturated rings. The zero-order valence-electron chi connectivity index (χ0n) is 14.2. The average Bonchev–Trinajstić information content (AvgIpc) is 2.90. The Balaban J connectivity index is 1.99. The summed E-state index contributed by atoms with van der Waals surface area (Å²) in [6.45, 7) is 2.04. The summed E-state index contributed by atoms with van der Waals surface area (Å²) in [7, 11) is 1.58. The first-order valence-corrected chi connectivity index (χ1v) is 7.91. The molecule has 1 rings (SSSR count). The Kier molecular flexibility index (Phi) is 10.4. The van der Waals surface area contributed by atoms with Crippen LogP contribution in [0.25, 0.3) is 0 Å². The van der Waals surface area contributed by atoms with Crippen LogP contribution in [0.2, 0.25) is 0 Å². The van der Waals surface area contributed by atoms with E-state index in [4.69, 9.17) is 18.9 Å². The molecule has 0 radical (unpaired) electrons. The standard InChI is InChI=1S/C15H23NO9/c1-21-6-7-22-8-9-23-10-11-24-14(19)4-5-15(20)25-16-12(17)2-3-13(16)18/h2-11H2,1H3. The lowest BCUT2D eigenvalue weighted by molar-refractivity contribution is -0.197. The molecule has 10 nitrogen and oxygen atoms in total. The van der Waals surface area contributed by atoms with Crippen molar-refractivity contribution in [3.63, 3.8) is 0 Å². The van der Waals surface area contributed by atoms with Gasteiger partial charge in [-0.15, -0.1) is 5.06 Å². The van der Waals surface area contributed by atoms with Gasteiger partial charge >= 0.3 is 11.9 Å². The minimum absolute atomic E-state index is 0.0194. The van der Waals surface area contributed by atoms with Crippen LogP contribution < -0.4 is 0 Å². The minimum atomic E-state index is -0.843. The molecule has 0 unspecified atom stereocenters.